The van der Waals surface area contributed by atoms with Crippen LogP contribution in [-0.4, -0.2) is 48.0 Å². The van der Waals surface area contributed by atoms with Crippen LogP contribution in [0.3, 0.4) is 0 Å². The molecule has 1 saturated heterocycles. The summed E-state index contributed by atoms with van der Waals surface area (Å²) in [6.45, 7) is 4.81. The molecule has 1 rings (SSSR count). The monoisotopic (exact) mass is 248 g/mol. The summed E-state index contributed by atoms with van der Waals surface area (Å²) in [4.78, 5) is 24.4. The standard InChI is InChI=1S/C10H17ClN2O3/c1-7-5-13(6-8(2)16-7)10(15)12-9(14)3-4-11/h7-8H,3-6H2,1-2H3,(H,12,14,15)/t7-,8+. The number of hydrogen-bond acceptors (Lipinski definition) is 3. The fourth-order valence-corrected chi connectivity index (χ4v) is 1.86. The Morgan fingerprint density at radius 1 is 1.38 bits per heavy atom. The van der Waals surface area contributed by atoms with Gasteiger partial charge in [0.05, 0.1) is 12.2 Å². The van der Waals surface area contributed by atoms with E-state index in [0.29, 0.717) is 13.1 Å². The number of imide groups is 1. The van der Waals surface area contributed by atoms with E-state index in [1.165, 1.54) is 0 Å². The van der Waals surface area contributed by atoms with Crippen molar-refractivity contribution in [1.82, 2.24) is 10.2 Å². The molecule has 5 nitrogen and oxygen atoms in total. The number of rotatable bonds is 2. The number of hydrogen-bond donors (Lipinski definition) is 1. The average Bonchev–Trinajstić information content (AvgIpc) is 2.16. The van der Waals surface area contributed by atoms with Crippen molar-refractivity contribution < 1.29 is 14.3 Å². The predicted molar refractivity (Wildman–Crippen MR) is 60.5 cm³/mol. The van der Waals surface area contributed by atoms with Gasteiger partial charge >= 0.3 is 6.03 Å². The molecule has 6 heteroatoms. The molecule has 0 bridgehead atoms. The first-order valence-corrected chi connectivity index (χ1v) is 5.86. The Kier molecular flexibility index (Phi) is 5.02. The van der Waals surface area contributed by atoms with E-state index >= 15 is 0 Å². The van der Waals surface area contributed by atoms with Crippen LogP contribution in [0.5, 0.6) is 0 Å². The van der Waals surface area contributed by atoms with Gasteiger partial charge in [0.2, 0.25) is 5.91 Å². The largest absolute Gasteiger partial charge is 0.372 e. The first kappa shape index (κ1) is 13.3. The lowest BCUT2D eigenvalue weighted by Crippen LogP contribution is -2.52. The number of nitrogens with one attached hydrogen (secondary N) is 1. The van der Waals surface area contributed by atoms with E-state index in [1.54, 1.807) is 4.90 Å². The maximum atomic E-state index is 11.7. The highest BCUT2D eigenvalue weighted by Crippen LogP contribution is 2.10. The second-order valence-electron chi connectivity index (χ2n) is 3.95. The van der Waals surface area contributed by atoms with E-state index < -0.39 is 0 Å². The van der Waals surface area contributed by atoms with E-state index in [1.807, 2.05) is 13.8 Å². The Balaban J connectivity index is 2.44. The maximum Gasteiger partial charge on any atom is 0.324 e. The highest BCUT2D eigenvalue weighted by atomic mass is 35.5. The lowest BCUT2D eigenvalue weighted by molar-refractivity contribution is -0.120. The zero-order valence-corrected chi connectivity index (χ0v) is 10.3. The summed E-state index contributed by atoms with van der Waals surface area (Å²) in [5.41, 5.74) is 0. The van der Waals surface area contributed by atoms with Crippen LogP contribution in [-0.2, 0) is 9.53 Å². The number of ether oxygens (including phenoxy) is 1. The normalized spacial score (nSPS) is 25.3. The lowest BCUT2D eigenvalue weighted by atomic mass is 10.2. The number of carbonyl (C=O) groups is 2. The SMILES string of the molecule is C[C@@H]1CN(C(=O)NC(=O)CCCl)C[C@H](C)O1. The van der Waals surface area contributed by atoms with Gasteiger partial charge < -0.3 is 9.64 Å². The quantitative estimate of drug-likeness (QED) is 0.741. The number of alkyl halides is 1. The van der Waals surface area contributed by atoms with Crippen LogP contribution in [0.25, 0.3) is 0 Å². The third kappa shape index (κ3) is 3.98. The number of carbonyl (C=O) groups excluding carboxylic acids is 2. The third-order valence-corrected chi connectivity index (χ3v) is 2.46. The number of morpholine rings is 1. The number of urea groups is 1. The van der Waals surface area contributed by atoms with Crippen molar-refractivity contribution in [1.29, 1.82) is 0 Å². The van der Waals surface area contributed by atoms with Crippen molar-refractivity contribution in [3.63, 3.8) is 0 Å². The van der Waals surface area contributed by atoms with Crippen molar-refractivity contribution in [3.8, 4) is 0 Å². The van der Waals surface area contributed by atoms with Crippen molar-refractivity contribution in [2.75, 3.05) is 19.0 Å². The minimum absolute atomic E-state index is 0.00220. The maximum absolute atomic E-state index is 11.7. The van der Waals surface area contributed by atoms with Gasteiger partial charge in [-0.2, -0.15) is 0 Å². The molecule has 1 aliphatic rings. The molecule has 0 spiro atoms. The Morgan fingerprint density at radius 2 is 1.94 bits per heavy atom. The van der Waals surface area contributed by atoms with Gasteiger partial charge in [-0.1, -0.05) is 0 Å². The zero-order valence-electron chi connectivity index (χ0n) is 9.53. The molecule has 1 N–H and O–H groups in total. The van der Waals surface area contributed by atoms with Crippen molar-refractivity contribution in [2.45, 2.75) is 32.5 Å². The van der Waals surface area contributed by atoms with E-state index in [9.17, 15) is 9.59 Å². The van der Waals surface area contributed by atoms with Crippen LogP contribution in [0, 0.1) is 0 Å². The number of nitrogens with zero attached hydrogens (tertiary/aromatic N) is 1. The first-order chi connectivity index (χ1) is 7.52. The highest BCUT2D eigenvalue weighted by molar-refractivity contribution is 6.19. The smallest absolute Gasteiger partial charge is 0.324 e. The second kappa shape index (κ2) is 6.06. The third-order valence-electron chi connectivity index (χ3n) is 2.27. The van der Waals surface area contributed by atoms with E-state index in [2.05, 4.69) is 5.32 Å². The van der Waals surface area contributed by atoms with Gasteiger partial charge in [-0.3, -0.25) is 10.1 Å². The number of amides is 3. The summed E-state index contributed by atoms with van der Waals surface area (Å²) in [6, 6.07) is -0.364. The van der Waals surface area contributed by atoms with Crippen LogP contribution in [0.15, 0.2) is 0 Å². The van der Waals surface area contributed by atoms with Gasteiger partial charge in [0, 0.05) is 25.4 Å². The molecule has 1 fully saturated rings. The van der Waals surface area contributed by atoms with Gasteiger partial charge in [0.25, 0.3) is 0 Å². The van der Waals surface area contributed by atoms with Crippen LogP contribution in [0.1, 0.15) is 20.3 Å². The Morgan fingerprint density at radius 3 is 2.44 bits per heavy atom. The molecular weight excluding hydrogens is 232 g/mol. The molecule has 3 amide bonds. The molecule has 1 heterocycles. The molecule has 2 atom stereocenters. The molecule has 0 aromatic carbocycles. The first-order valence-electron chi connectivity index (χ1n) is 5.33. The summed E-state index contributed by atoms with van der Waals surface area (Å²) in [7, 11) is 0. The Labute approximate surface area is 100 Å². The zero-order chi connectivity index (χ0) is 12.1. The van der Waals surface area contributed by atoms with Gasteiger partial charge in [0.1, 0.15) is 0 Å². The lowest BCUT2D eigenvalue weighted by Gasteiger charge is -2.35. The topological polar surface area (TPSA) is 58.6 Å². The average molecular weight is 249 g/mol. The molecule has 0 radical (unpaired) electrons. The molecule has 16 heavy (non-hydrogen) atoms. The van der Waals surface area contributed by atoms with Crippen LogP contribution in [0.2, 0.25) is 0 Å². The van der Waals surface area contributed by atoms with Crippen LogP contribution >= 0.6 is 11.6 Å². The van der Waals surface area contributed by atoms with Gasteiger partial charge in [-0.15, -0.1) is 11.6 Å². The van der Waals surface area contributed by atoms with E-state index in [-0.39, 0.29) is 36.4 Å². The molecule has 0 unspecified atom stereocenters. The van der Waals surface area contributed by atoms with Crippen molar-refractivity contribution in [2.24, 2.45) is 0 Å². The summed E-state index contributed by atoms with van der Waals surface area (Å²) >= 11 is 5.41. The van der Waals surface area contributed by atoms with Crippen molar-refractivity contribution >= 4 is 23.5 Å². The van der Waals surface area contributed by atoms with E-state index in [4.69, 9.17) is 16.3 Å². The number of halogens is 1. The Hall–Kier alpha value is -0.810. The van der Waals surface area contributed by atoms with Crippen LogP contribution < -0.4 is 5.32 Å². The fourth-order valence-electron chi connectivity index (χ4n) is 1.69. The molecule has 0 saturated carbocycles. The molecule has 0 aromatic heterocycles. The molecular formula is C10H17ClN2O3. The van der Waals surface area contributed by atoms with Gasteiger partial charge in [-0.05, 0) is 13.8 Å². The summed E-state index contributed by atoms with van der Waals surface area (Å²) < 4.78 is 5.49. The summed E-state index contributed by atoms with van der Waals surface area (Å²) in [5, 5.41) is 2.30. The molecule has 92 valence electrons. The molecule has 0 aromatic rings. The Bertz CT molecular complexity index is 263. The van der Waals surface area contributed by atoms with E-state index in [0.717, 1.165) is 0 Å². The predicted octanol–water partition coefficient (Wildman–Crippen LogP) is 0.961. The van der Waals surface area contributed by atoms with Gasteiger partial charge in [-0.25, -0.2) is 4.79 Å². The summed E-state index contributed by atoms with van der Waals surface area (Å²) in [6.07, 6.45) is 0.151. The summed E-state index contributed by atoms with van der Waals surface area (Å²) in [5.74, 6) is -0.124. The second-order valence-corrected chi connectivity index (χ2v) is 4.33. The molecule has 0 aliphatic carbocycles. The van der Waals surface area contributed by atoms with Gasteiger partial charge in [0.15, 0.2) is 0 Å². The fraction of sp³-hybridized carbons (Fsp3) is 0.800. The highest BCUT2D eigenvalue weighted by Gasteiger charge is 2.26. The minimum atomic E-state index is -0.364. The van der Waals surface area contributed by atoms with Crippen LogP contribution in [0.4, 0.5) is 4.79 Å². The minimum Gasteiger partial charge on any atom is -0.372 e. The molecule has 1 aliphatic heterocycles. The van der Waals surface area contributed by atoms with Crippen molar-refractivity contribution in [3.05, 3.63) is 0 Å².